The number of nitrogens with zero attached hydrogens (tertiary/aromatic N) is 1. The summed E-state index contributed by atoms with van der Waals surface area (Å²) in [4.78, 5) is 26.1. The number of hydrogen-bond acceptors (Lipinski definition) is 5. The van der Waals surface area contributed by atoms with E-state index < -0.39 is 18.1 Å². The van der Waals surface area contributed by atoms with Crippen LogP contribution in [0.5, 0.6) is 0 Å². The highest BCUT2D eigenvalue weighted by atomic mass is 32.1. The smallest absolute Gasteiger partial charge is 0.328 e. The molecule has 2 atom stereocenters. The van der Waals surface area contributed by atoms with Crippen LogP contribution in [0.25, 0.3) is 6.08 Å². The number of aryl methyl sites for hydroxylation is 1. The van der Waals surface area contributed by atoms with Crippen molar-refractivity contribution in [1.82, 2.24) is 4.90 Å². The van der Waals surface area contributed by atoms with Gasteiger partial charge in [0.15, 0.2) is 0 Å². The molecule has 0 aromatic carbocycles. The maximum atomic E-state index is 12.2. The normalized spacial score (nSPS) is 22.4. The summed E-state index contributed by atoms with van der Waals surface area (Å²) in [5.41, 5.74) is 1.10. The molecule has 5 nitrogen and oxygen atoms in total. The lowest BCUT2D eigenvalue weighted by molar-refractivity contribution is -0.149. The molecular weight excluding hydrogens is 278 g/mol. The Morgan fingerprint density at radius 1 is 1.55 bits per heavy atom. The molecule has 2 heterocycles. The molecule has 0 radical (unpaired) electrons. The Bertz CT molecular complexity index is 537. The van der Waals surface area contributed by atoms with Gasteiger partial charge in [0, 0.05) is 23.9 Å². The van der Waals surface area contributed by atoms with Crippen molar-refractivity contribution in [1.29, 1.82) is 0 Å². The average molecular weight is 295 g/mol. The van der Waals surface area contributed by atoms with Crippen molar-refractivity contribution in [2.24, 2.45) is 0 Å². The minimum Gasteiger partial charge on any atom is -0.467 e. The van der Waals surface area contributed by atoms with Crippen LogP contribution in [0.2, 0.25) is 0 Å². The van der Waals surface area contributed by atoms with Gasteiger partial charge in [-0.15, -0.1) is 11.3 Å². The first-order valence-corrected chi connectivity index (χ1v) is 7.19. The molecule has 108 valence electrons. The van der Waals surface area contributed by atoms with E-state index in [1.165, 1.54) is 18.1 Å². The molecule has 1 aliphatic rings. The monoisotopic (exact) mass is 295 g/mol. The SMILES string of the molecule is COC(=O)C1CC(O)CN1C(=O)/C=C/c1sccc1C. The summed E-state index contributed by atoms with van der Waals surface area (Å²) in [5.74, 6) is -0.777. The number of carbonyl (C=O) groups is 2. The van der Waals surface area contributed by atoms with Crippen LogP contribution >= 0.6 is 11.3 Å². The number of β-amino-alcohol motifs (C(OH)–C–C–N with tert-alkyl or cyclic N) is 1. The van der Waals surface area contributed by atoms with Crippen LogP contribution in [-0.2, 0) is 14.3 Å². The van der Waals surface area contributed by atoms with Gasteiger partial charge in [0.25, 0.3) is 0 Å². The number of amides is 1. The number of hydrogen-bond donors (Lipinski definition) is 1. The minimum atomic E-state index is -0.698. The summed E-state index contributed by atoms with van der Waals surface area (Å²) in [6.07, 6.45) is 2.72. The highest BCUT2D eigenvalue weighted by Gasteiger charge is 2.38. The number of aliphatic hydroxyl groups excluding tert-OH is 1. The van der Waals surface area contributed by atoms with Crippen molar-refractivity contribution in [3.8, 4) is 0 Å². The van der Waals surface area contributed by atoms with Crippen LogP contribution in [0.4, 0.5) is 0 Å². The number of aliphatic hydroxyl groups is 1. The molecule has 1 aromatic heterocycles. The van der Waals surface area contributed by atoms with E-state index in [1.807, 2.05) is 18.4 Å². The number of carbonyl (C=O) groups excluding carboxylic acids is 2. The predicted molar refractivity (Wildman–Crippen MR) is 76.2 cm³/mol. The standard InChI is InChI=1S/C14H17NO4S/c1-9-5-6-20-12(9)3-4-13(17)15-8-10(16)7-11(15)14(18)19-2/h3-6,10-11,16H,7-8H2,1-2H3/b4-3+. The topological polar surface area (TPSA) is 66.8 Å². The molecule has 20 heavy (non-hydrogen) atoms. The quantitative estimate of drug-likeness (QED) is 0.672. The molecule has 2 unspecified atom stereocenters. The second-order valence-electron chi connectivity index (χ2n) is 4.72. The van der Waals surface area contributed by atoms with Crippen molar-refractivity contribution < 1.29 is 19.4 Å². The van der Waals surface area contributed by atoms with E-state index in [9.17, 15) is 14.7 Å². The van der Waals surface area contributed by atoms with Gasteiger partial charge in [-0.3, -0.25) is 4.79 Å². The zero-order chi connectivity index (χ0) is 14.7. The molecule has 0 bridgehead atoms. The average Bonchev–Trinajstić information content (AvgIpc) is 3.01. The van der Waals surface area contributed by atoms with Crippen molar-refractivity contribution in [2.75, 3.05) is 13.7 Å². The summed E-state index contributed by atoms with van der Waals surface area (Å²) in [6, 6.07) is 1.28. The maximum Gasteiger partial charge on any atom is 0.328 e. The van der Waals surface area contributed by atoms with Crippen LogP contribution in [0.1, 0.15) is 16.9 Å². The first-order valence-electron chi connectivity index (χ1n) is 6.31. The second kappa shape index (κ2) is 6.19. The van der Waals surface area contributed by atoms with Gasteiger partial charge in [-0.25, -0.2) is 4.79 Å². The van der Waals surface area contributed by atoms with Crippen LogP contribution in [0.15, 0.2) is 17.5 Å². The van der Waals surface area contributed by atoms with Crippen molar-refractivity contribution in [2.45, 2.75) is 25.5 Å². The fourth-order valence-corrected chi connectivity index (χ4v) is 3.03. The maximum absolute atomic E-state index is 12.2. The molecule has 2 rings (SSSR count). The number of thiophene rings is 1. The summed E-state index contributed by atoms with van der Waals surface area (Å²) in [5, 5.41) is 11.6. The van der Waals surface area contributed by atoms with E-state index in [4.69, 9.17) is 0 Å². The molecule has 1 amide bonds. The third-order valence-electron chi connectivity index (χ3n) is 3.31. The van der Waals surface area contributed by atoms with Gasteiger partial charge in [-0.2, -0.15) is 0 Å². The minimum absolute atomic E-state index is 0.159. The predicted octanol–water partition coefficient (Wildman–Crippen LogP) is 1.20. The lowest BCUT2D eigenvalue weighted by atomic mass is 10.2. The van der Waals surface area contributed by atoms with Crippen molar-refractivity contribution in [3.05, 3.63) is 28.0 Å². The number of methoxy groups -OCH3 is 1. The molecular formula is C14H17NO4S. The van der Waals surface area contributed by atoms with Gasteiger partial charge in [0.1, 0.15) is 6.04 Å². The van der Waals surface area contributed by atoms with E-state index in [0.29, 0.717) is 0 Å². The lowest BCUT2D eigenvalue weighted by Gasteiger charge is -2.20. The van der Waals surface area contributed by atoms with Crippen LogP contribution in [-0.4, -0.2) is 47.7 Å². The van der Waals surface area contributed by atoms with Crippen LogP contribution in [0, 0.1) is 6.92 Å². The molecule has 6 heteroatoms. The van der Waals surface area contributed by atoms with E-state index in [0.717, 1.165) is 10.4 Å². The van der Waals surface area contributed by atoms with Crippen molar-refractivity contribution >= 4 is 29.3 Å². The van der Waals surface area contributed by atoms with E-state index >= 15 is 0 Å². The van der Waals surface area contributed by atoms with E-state index in [1.54, 1.807) is 17.4 Å². The third-order valence-corrected chi connectivity index (χ3v) is 4.30. The Balaban J connectivity index is 2.09. The fourth-order valence-electron chi connectivity index (χ4n) is 2.21. The second-order valence-corrected chi connectivity index (χ2v) is 5.67. The zero-order valence-corrected chi connectivity index (χ0v) is 12.2. The summed E-state index contributed by atoms with van der Waals surface area (Å²) >= 11 is 1.55. The highest BCUT2D eigenvalue weighted by Crippen LogP contribution is 2.21. The number of esters is 1. The molecule has 1 saturated heterocycles. The van der Waals surface area contributed by atoms with Gasteiger partial charge in [0.2, 0.25) is 5.91 Å². The summed E-state index contributed by atoms with van der Waals surface area (Å²) in [6.45, 7) is 2.13. The molecule has 0 aliphatic carbocycles. The molecule has 1 aromatic rings. The molecule has 1 N–H and O–H groups in total. The van der Waals surface area contributed by atoms with Crippen LogP contribution < -0.4 is 0 Å². The zero-order valence-electron chi connectivity index (χ0n) is 11.4. The highest BCUT2D eigenvalue weighted by molar-refractivity contribution is 7.11. The third kappa shape index (κ3) is 3.08. The number of ether oxygens (including phenoxy) is 1. The first-order chi connectivity index (χ1) is 9.52. The molecule has 0 spiro atoms. The van der Waals surface area contributed by atoms with Gasteiger partial charge in [-0.1, -0.05) is 0 Å². The number of rotatable bonds is 3. The molecule has 1 aliphatic heterocycles. The largest absolute Gasteiger partial charge is 0.467 e. The molecule has 0 saturated carbocycles. The van der Waals surface area contributed by atoms with Crippen molar-refractivity contribution in [3.63, 3.8) is 0 Å². The Morgan fingerprint density at radius 2 is 2.30 bits per heavy atom. The summed E-state index contributed by atoms with van der Waals surface area (Å²) < 4.78 is 4.67. The van der Waals surface area contributed by atoms with Gasteiger partial charge < -0.3 is 14.7 Å². The summed E-state index contributed by atoms with van der Waals surface area (Å²) in [7, 11) is 1.28. The van der Waals surface area contributed by atoms with E-state index in [2.05, 4.69) is 4.74 Å². The Hall–Kier alpha value is -1.66. The lowest BCUT2D eigenvalue weighted by Crippen LogP contribution is -2.40. The van der Waals surface area contributed by atoms with Crippen LogP contribution in [0.3, 0.4) is 0 Å². The molecule has 1 fully saturated rings. The van der Waals surface area contributed by atoms with Gasteiger partial charge in [-0.05, 0) is 30.0 Å². The van der Waals surface area contributed by atoms with Gasteiger partial charge >= 0.3 is 5.97 Å². The van der Waals surface area contributed by atoms with Gasteiger partial charge in [0.05, 0.1) is 13.2 Å². The Labute approximate surface area is 121 Å². The van der Waals surface area contributed by atoms with E-state index in [-0.39, 0.29) is 18.9 Å². The number of likely N-dealkylation sites (tertiary alicyclic amines) is 1. The fraction of sp³-hybridized carbons (Fsp3) is 0.429. The first kappa shape index (κ1) is 14.7. The Morgan fingerprint density at radius 3 is 2.90 bits per heavy atom. The Kier molecular flexibility index (Phi) is 4.57.